The highest BCUT2D eigenvalue weighted by molar-refractivity contribution is 5.94. The average Bonchev–Trinajstić information content (AvgIpc) is 3.07. The van der Waals surface area contributed by atoms with Crippen molar-refractivity contribution in [2.24, 2.45) is 0 Å². The maximum absolute atomic E-state index is 12.7. The number of carbonyl (C=O) groups is 1. The highest BCUT2D eigenvalue weighted by atomic mass is 16.5. The molecule has 1 atom stereocenters. The number of hydrogen-bond donors (Lipinski definition) is 2. The van der Waals surface area contributed by atoms with Crippen LogP contribution in [0.5, 0.6) is 0 Å². The van der Waals surface area contributed by atoms with Crippen molar-refractivity contribution in [3.63, 3.8) is 0 Å². The van der Waals surface area contributed by atoms with E-state index in [4.69, 9.17) is 4.74 Å². The third-order valence-electron chi connectivity index (χ3n) is 4.50. The maximum Gasteiger partial charge on any atom is 0.269 e. The van der Waals surface area contributed by atoms with Crippen LogP contribution < -0.4 is 10.6 Å². The molecule has 3 aliphatic rings. The summed E-state index contributed by atoms with van der Waals surface area (Å²) < 4.78 is 5.44. The minimum atomic E-state index is -0.104. The van der Waals surface area contributed by atoms with Gasteiger partial charge in [-0.05, 0) is 29.8 Å². The number of ether oxygens (including phenoxy) is 1. The number of hydrogen-bond acceptors (Lipinski definition) is 6. The molecule has 4 heterocycles. The maximum atomic E-state index is 12.7. The van der Waals surface area contributed by atoms with Crippen molar-refractivity contribution in [2.45, 2.75) is 12.8 Å². The van der Waals surface area contributed by atoms with Gasteiger partial charge in [0.05, 0.1) is 18.9 Å². The SMILES string of the molecule is O=C(NCc1ccncc1)C1=C2C=CC=CN2C(N2CCOCC2)N1. The van der Waals surface area contributed by atoms with E-state index in [-0.39, 0.29) is 12.2 Å². The van der Waals surface area contributed by atoms with E-state index in [1.54, 1.807) is 12.4 Å². The molecule has 1 saturated heterocycles. The smallest absolute Gasteiger partial charge is 0.269 e. The van der Waals surface area contributed by atoms with Gasteiger partial charge in [0.1, 0.15) is 5.70 Å². The molecule has 2 N–H and O–H groups in total. The van der Waals surface area contributed by atoms with Crippen LogP contribution in [0.4, 0.5) is 0 Å². The summed E-state index contributed by atoms with van der Waals surface area (Å²) in [6, 6.07) is 3.79. The summed E-state index contributed by atoms with van der Waals surface area (Å²) in [7, 11) is 0. The molecule has 1 amide bonds. The van der Waals surface area contributed by atoms with E-state index >= 15 is 0 Å². The second-order valence-corrected chi connectivity index (χ2v) is 6.07. The van der Waals surface area contributed by atoms with E-state index in [1.807, 2.05) is 36.6 Å². The molecule has 1 aromatic heterocycles. The van der Waals surface area contributed by atoms with Gasteiger partial charge in [0.15, 0.2) is 6.29 Å². The quantitative estimate of drug-likeness (QED) is 0.833. The summed E-state index contributed by atoms with van der Waals surface area (Å²) in [4.78, 5) is 21.1. The number of nitrogens with zero attached hydrogens (tertiary/aromatic N) is 3. The zero-order valence-electron chi connectivity index (χ0n) is 13.9. The number of fused-ring (bicyclic) bond motifs is 1. The standard InChI is InChI=1S/C18H21N5O2/c24-17(20-13-14-4-6-19-7-5-14)16-15-3-1-2-8-23(15)18(21-16)22-9-11-25-12-10-22/h1-8,18,21H,9-13H2,(H,20,24). The van der Waals surface area contributed by atoms with Gasteiger partial charge >= 0.3 is 0 Å². The van der Waals surface area contributed by atoms with Crippen molar-refractivity contribution >= 4 is 5.91 Å². The molecule has 0 saturated carbocycles. The summed E-state index contributed by atoms with van der Waals surface area (Å²) in [5, 5.41) is 6.37. The predicted octanol–water partition coefficient (Wildman–Crippen LogP) is 0.514. The van der Waals surface area contributed by atoms with Crippen LogP contribution in [0.3, 0.4) is 0 Å². The fourth-order valence-corrected chi connectivity index (χ4v) is 3.20. The van der Waals surface area contributed by atoms with Gasteiger partial charge in [-0.3, -0.25) is 14.7 Å². The lowest BCUT2D eigenvalue weighted by molar-refractivity contribution is -0.118. The molecule has 1 aromatic rings. The Balaban J connectivity index is 1.48. The number of allylic oxidation sites excluding steroid dienone is 3. The van der Waals surface area contributed by atoms with Gasteiger partial charge in [-0.1, -0.05) is 6.08 Å². The second kappa shape index (κ2) is 7.08. The molecular weight excluding hydrogens is 318 g/mol. The van der Waals surface area contributed by atoms with Crippen LogP contribution in [0.2, 0.25) is 0 Å². The summed E-state index contributed by atoms with van der Waals surface area (Å²) in [5.74, 6) is -0.104. The van der Waals surface area contributed by atoms with Gasteiger partial charge in [0.2, 0.25) is 0 Å². The lowest BCUT2D eigenvalue weighted by Crippen LogP contribution is -2.54. The van der Waals surface area contributed by atoms with Crippen LogP contribution in [-0.2, 0) is 16.1 Å². The monoisotopic (exact) mass is 339 g/mol. The zero-order valence-corrected chi connectivity index (χ0v) is 13.9. The predicted molar refractivity (Wildman–Crippen MR) is 92.5 cm³/mol. The first-order valence-electron chi connectivity index (χ1n) is 8.46. The van der Waals surface area contributed by atoms with Crippen molar-refractivity contribution in [3.05, 3.63) is 65.9 Å². The summed E-state index contributed by atoms with van der Waals surface area (Å²) in [6.07, 6.45) is 11.3. The first-order valence-corrected chi connectivity index (χ1v) is 8.46. The van der Waals surface area contributed by atoms with E-state index in [0.717, 1.165) is 24.4 Å². The Morgan fingerprint density at radius 3 is 2.88 bits per heavy atom. The number of amides is 1. The van der Waals surface area contributed by atoms with Crippen LogP contribution in [0.15, 0.2) is 60.3 Å². The van der Waals surface area contributed by atoms with Gasteiger partial charge in [-0.15, -0.1) is 0 Å². The van der Waals surface area contributed by atoms with Crippen molar-refractivity contribution in [1.29, 1.82) is 0 Å². The van der Waals surface area contributed by atoms with Crippen LogP contribution >= 0.6 is 0 Å². The molecule has 4 rings (SSSR count). The molecule has 25 heavy (non-hydrogen) atoms. The molecule has 0 spiro atoms. The Kier molecular flexibility index (Phi) is 4.49. The van der Waals surface area contributed by atoms with Gasteiger partial charge in [0.25, 0.3) is 5.91 Å². The Hall–Kier alpha value is -2.64. The van der Waals surface area contributed by atoms with Crippen LogP contribution in [0.1, 0.15) is 5.56 Å². The van der Waals surface area contributed by atoms with Crippen LogP contribution in [0, 0.1) is 0 Å². The van der Waals surface area contributed by atoms with Gasteiger partial charge in [0, 0.05) is 38.2 Å². The molecular formula is C18H21N5O2. The number of pyridine rings is 1. The topological polar surface area (TPSA) is 69.7 Å². The number of morpholine rings is 1. The third-order valence-corrected chi connectivity index (χ3v) is 4.50. The molecule has 7 heteroatoms. The Morgan fingerprint density at radius 1 is 1.28 bits per heavy atom. The Morgan fingerprint density at radius 2 is 2.08 bits per heavy atom. The Labute approximate surface area is 146 Å². The number of rotatable bonds is 4. The van der Waals surface area contributed by atoms with Crippen molar-refractivity contribution in [3.8, 4) is 0 Å². The molecule has 1 fully saturated rings. The van der Waals surface area contributed by atoms with Gasteiger partial charge < -0.3 is 20.3 Å². The van der Waals surface area contributed by atoms with Crippen molar-refractivity contribution in [1.82, 2.24) is 25.4 Å². The third kappa shape index (κ3) is 3.29. The van der Waals surface area contributed by atoms with Crippen LogP contribution in [0.25, 0.3) is 0 Å². The summed E-state index contributed by atoms with van der Waals surface area (Å²) in [5.41, 5.74) is 2.52. The minimum absolute atomic E-state index is 0.0539. The van der Waals surface area contributed by atoms with E-state index in [1.165, 1.54) is 0 Å². The molecule has 0 bridgehead atoms. The highest BCUT2D eigenvalue weighted by Crippen LogP contribution is 2.27. The number of aromatic nitrogens is 1. The fraction of sp³-hybridized carbons (Fsp3) is 0.333. The summed E-state index contributed by atoms with van der Waals surface area (Å²) in [6.45, 7) is 3.58. The molecule has 3 aliphatic heterocycles. The number of carbonyl (C=O) groups excluding carboxylic acids is 1. The second-order valence-electron chi connectivity index (χ2n) is 6.07. The van der Waals surface area contributed by atoms with Gasteiger partial charge in [-0.25, -0.2) is 0 Å². The van der Waals surface area contributed by atoms with E-state index in [9.17, 15) is 4.79 Å². The van der Waals surface area contributed by atoms with E-state index in [2.05, 4.69) is 25.4 Å². The molecule has 1 unspecified atom stereocenters. The lowest BCUT2D eigenvalue weighted by atomic mass is 10.2. The normalized spacial score (nSPS) is 22.7. The largest absolute Gasteiger partial charge is 0.379 e. The molecule has 0 aromatic carbocycles. The van der Waals surface area contributed by atoms with Crippen LogP contribution in [-0.4, -0.2) is 53.3 Å². The fourth-order valence-electron chi connectivity index (χ4n) is 3.20. The van der Waals surface area contributed by atoms with E-state index < -0.39 is 0 Å². The minimum Gasteiger partial charge on any atom is -0.379 e. The number of nitrogens with one attached hydrogen (secondary N) is 2. The first-order chi connectivity index (χ1) is 12.3. The average molecular weight is 339 g/mol. The van der Waals surface area contributed by atoms with Gasteiger partial charge in [-0.2, -0.15) is 0 Å². The molecule has 0 aliphatic carbocycles. The summed E-state index contributed by atoms with van der Waals surface area (Å²) >= 11 is 0. The molecule has 7 nitrogen and oxygen atoms in total. The van der Waals surface area contributed by atoms with Crippen molar-refractivity contribution in [2.75, 3.05) is 26.3 Å². The van der Waals surface area contributed by atoms with Crippen molar-refractivity contribution < 1.29 is 9.53 Å². The molecule has 0 radical (unpaired) electrons. The first kappa shape index (κ1) is 15.9. The van der Waals surface area contributed by atoms with E-state index in [0.29, 0.717) is 25.5 Å². The highest BCUT2D eigenvalue weighted by Gasteiger charge is 2.36. The lowest BCUT2D eigenvalue weighted by Gasteiger charge is -2.37. The Bertz CT molecular complexity index is 722. The zero-order chi connectivity index (χ0) is 17.1. The molecule has 130 valence electrons.